The lowest BCUT2D eigenvalue weighted by Crippen LogP contribution is -2.50. The average molecular weight is 472 g/mol. The van der Waals surface area contributed by atoms with E-state index in [-0.39, 0.29) is 4.90 Å². The first-order valence-electron chi connectivity index (χ1n) is 9.97. The fraction of sp³-hybridized carbons (Fsp3) is 0.208. The predicted molar refractivity (Wildman–Crippen MR) is 122 cm³/mol. The van der Waals surface area contributed by atoms with Crippen molar-refractivity contribution in [2.45, 2.75) is 36.6 Å². The first kappa shape index (κ1) is 22.5. The lowest BCUT2D eigenvalue weighted by atomic mass is 10.0. The van der Waals surface area contributed by atoms with Crippen LogP contribution in [0.4, 0.5) is 0 Å². The van der Waals surface area contributed by atoms with E-state index in [9.17, 15) is 18.3 Å². The molecule has 1 saturated heterocycles. The molecule has 1 aliphatic heterocycles. The van der Waals surface area contributed by atoms with Gasteiger partial charge in [-0.3, -0.25) is 4.79 Å². The molecule has 0 bridgehead atoms. The SMILES string of the molecule is CC1(C)O[C@@H](c2ccccc2)[C@H](C(=O)O)N1S(=O)(=O)c1ccc(-c2ccc(Cl)cc2)cc1. The molecular formula is C24H22ClNO5S. The Kier molecular flexibility index (Phi) is 5.85. The highest BCUT2D eigenvalue weighted by atomic mass is 35.5. The molecule has 32 heavy (non-hydrogen) atoms. The monoisotopic (exact) mass is 471 g/mol. The van der Waals surface area contributed by atoms with Crippen LogP contribution in [-0.4, -0.2) is 35.6 Å². The van der Waals surface area contributed by atoms with Gasteiger partial charge in [0.25, 0.3) is 0 Å². The molecule has 3 aromatic rings. The molecule has 6 nitrogen and oxygen atoms in total. The molecule has 0 spiro atoms. The summed E-state index contributed by atoms with van der Waals surface area (Å²) < 4.78 is 34.1. The Balaban J connectivity index is 1.73. The molecule has 0 amide bonds. The lowest BCUT2D eigenvalue weighted by molar-refractivity contribution is -0.141. The Morgan fingerprint density at radius 2 is 1.47 bits per heavy atom. The number of sulfonamides is 1. The Hall–Kier alpha value is -2.71. The number of halogens is 1. The summed E-state index contributed by atoms with van der Waals surface area (Å²) in [6.45, 7) is 3.12. The van der Waals surface area contributed by atoms with Crippen LogP contribution < -0.4 is 0 Å². The number of nitrogens with zero attached hydrogens (tertiary/aromatic N) is 1. The van der Waals surface area contributed by atoms with Crippen molar-refractivity contribution >= 4 is 27.6 Å². The molecule has 0 radical (unpaired) electrons. The highest BCUT2D eigenvalue weighted by Crippen LogP contribution is 2.44. The number of aliphatic carboxylic acids is 1. The number of rotatable bonds is 5. The van der Waals surface area contributed by atoms with Gasteiger partial charge in [-0.1, -0.05) is 66.2 Å². The van der Waals surface area contributed by atoms with Gasteiger partial charge < -0.3 is 9.84 Å². The maximum Gasteiger partial charge on any atom is 0.325 e. The van der Waals surface area contributed by atoms with Crippen molar-refractivity contribution < 1.29 is 23.1 Å². The molecule has 3 aromatic carbocycles. The maximum atomic E-state index is 13.6. The summed E-state index contributed by atoms with van der Waals surface area (Å²) in [7, 11) is -4.18. The van der Waals surface area contributed by atoms with E-state index < -0.39 is 33.9 Å². The normalized spacial score (nSPS) is 20.8. The average Bonchev–Trinajstić information content (AvgIpc) is 3.07. The topological polar surface area (TPSA) is 83.9 Å². The van der Waals surface area contributed by atoms with Crippen LogP contribution in [-0.2, 0) is 19.6 Å². The summed E-state index contributed by atoms with van der Waals surface area (Å²) in [6, 6.07) is 20.9. The highest BCUT2D eigenvalue weighted by molar-refractivity contribution is 7.89. The van der Waals surface area contributed by atoms with Gasteiger partial charge in [0.1, 0.15) is 11.8 Å². The summed E-state index contributed by atoms with van der Waals surface area (Å²) in [5.41, 5.74) is 0.936. The van der Waals surface area contributed by atoms with Crippen molar-refractivity contribution in [3.63, 3.8) is 0 Å². The number of hydrogen-bond acceptors (Lipinski definition) is 4. The minimum absolute atomic E-state index is 0.00755. The number of ether oxygens (including phenoxy) is 1. The number of hydrogen-bond donors (Lipinski definition) is 1. The fourth-order valence-corrected chi connectivity index (χ4v) is 5.98. The molecule has 1 fully saturated rings. The van der Waals surface area contributed by atoms with Crippen LogP contribution in [0.15, 0.2) is 83.8 Å². The van der Waals surface area contributed by atoms with Gasteiger partial charge >= 0.3 is 5.97 Å². The maximum absolute atomic E-state index is 13.6. The zero-order valence-electron chi connectivity index (χ0n) is 17.5. The lowest BCUT2D eigenvalue weighted by Gasteiger charge is -2.30. The smallest absolute Gasteiger partial charge is 0.325 e. The molecule has 1 N–H and O–H groups in total. The zero-order valence-corrected chi connectivity index (χ0v) is 19.0. The van der Waals surface area contributed by atoms with Crippen LogP contribution in [0.25, 0.3) is 11.1 Å². The van der Waals surface area contributed by atoms with Crippen molar-refractivity contribution in [2.24, 2.45) is 0 Å². The quantitative estimate of drug-likeness (QED) is 0.568. The second-order valence-electron chi connectivity index (χ2n) is 8.01. The van der Waals surface area contributed by atoms with Crippen LogP contribution in [0, 0.1) is 0 Å². The highest BCUT2D eigenvalue weighted by Gasteiger charge is 2.57. The fourth-order valence-electron chi connectivity index (χ4n) is 4.02. The third-order valence-electron chi connectivity index (χ3n) is 5.46. The third-order valence-corrected chi connectivity index (χ3v) is 7.76. The largest absolute Gasteiger partial charge is 0.480 e. The number of carboxylic acid groups (broad SMARTS) is 1. The van der Waals surface area contributed by atoms with Gasteiger partial charge in [-0.25, -0.2) is 8.42 Å². The summed E-state index contributed by atoms with van der Waals surface area (Å²) in [5.74, 6) is -1.27. The van der Waals surface area contributed by atoms with Crippen LogP contribution >= 0.6 is 11.6 Å². The Labute approximate surface area is 192 Å². The van der Waals surface area contributed by atoms with Gasteiger partial charge in [0.2, 0.25) is 10.0 Å². The van der Waals surface area contributed by atoms with Crippen molar-refractivity contribution in [2.75, 3.05) is 0 Å². The molecule has 0 saturated carbocycles. The van der Waals surface area contributed by atoms with Gasteiger partial charge in [0.15, 0.2) is 6.04 Å². The van der Waals surface area contributed by atoms with Crippen LogP contribution in [0.3, 0.4) is 0 Å². The molecule has 8 heteroatoms. The number of benzene rings is 3. The summed E-state index contributed by atoms with van der Waals surface area (Å²) in [5, 5.41) is 10.6. The van der Waals surface area contributed by atoms with Gasteiger partial charge in [-0.2, -0.15) is 4.31 Å². The Bertz CT molecular complexity index is 1230. The van der Waals surface area contributed by atoms with E-state index in [2.05, 4.69) is 0 Å². The van der Waals surface area contributed by atoms with E-state index in [1.807, 2.05) is 12.1 Å². The second-order valence-corrected chi connectivity index (χ2v) is 10.3. The van der Waals surface area contributed by atoms with E-state index in [0.29, 0.717) is 10.6 Å². The van der Waals surface area contributed by atoms with Crippen molar-refractivity contribution in [1.82, 2.24) is 4.31 Å². The van der Waals surface area contributed by atoms with Crippen LogP contribution in [0.5, 0.6) is 0 Å². The third kappa shape index (κ3) is 4.04. The molecule has 1 heterocycles. The molecule has 1 aliphatic rings. The Morgan fingerprint density at radius 1 is 0.938 bits per heavy atom. The first-order chi connectivity index (χ1) is 15.1. The summed E-state index contributed by atoms with van der Waals surface area (Å²) in [6.07, 6.45) is -0.938. The predicted octanol–water partition coefficient (Wildman–Crippen LogP) is 4.96. The van der Waals surface area contributed by atoms with Crippen molar-refractivity contribution in [1.29, 1.82) is 0 Å². The van der Waals surface area contributed by atoms with Gasteiger partial charge in [0, 0.05) is 5.02 Å². The standard InChI is InChI=1S/C24H22ClNO5S/c1-24(2)26(21(23(27)28)22(31-24)18-6-4-3-5-7-18)32(29,30)20-14-10-17(11-15-20)16-8-12-19(25)13-9-16/h3-15,21-22H,1-2H3,(H,27,28)/t21-,22+/m1/s1. The van der Waals surface area contributed by atoms with E-state index in [4.69, 9.17) is 16.3 Å². The molecule has 2 atom stereocenters. The van der Waals surface area contributed by atoms with Gasteiger partial charge in [-0.15, -0.1) is 0 Å². The first-order valence-corrected chi connectivity index (χ1v) is 11.8. The Morgan fingerprint density at radius 3 is 2.00 bits per heavy atom. The second kappa shape index (κ2) is 8.33. The van der Waals surface area contributed by atoms with Crippen molar-refractivity contribution in [3.05, 3.63) is 89.4 Å². The molecular weight excluding hydrogens is 450 g/mol. The summed E-state index contributed by atoms with van der Waals surface area (Å²) in [4.78, 5) is 12.2. The molecule has 0 aliphatic carbocycles. The molecule has 4 rings (SSSR count). The van der Waals surface area contributed by atoms with Gasteiger partial charge in [0.05, 0.1) is 4.90 Å². The van der Waals surface area contributed by atoms with Gasteiger partial charge in [-0.05, 0) is 54.8 Å². The minimum Gasteiger partial charge on any atom is -0.480 e. The molecule has 166 valence electrons. The van der Waals surface area contributed by atoms with Crippen molar-refractivity contribution in [3.8, 4) is 11.1 Å². The molecule has 0 aromatic heterocycles. The van der Waals surface area contributed by atoms with Crippen LogP contribution in [0.1, 0.15) is 25.5 Å². The zero-order chi connectivity index (χ0) is 23.1. The van der Waals surface area contributed by atoms with Crippen LogP contribution in [0.2, 0.25) is 5.02 Å². The number of carbonyl (C=O) groups is 1. The summed E-state index contributed by atoms with van der Waals surface area (Å²) >= 11 is 5.93. The van der Waals surface area contributed by atoms with E-state index >= 15 is 0 Å². The van der Waals surface area contributed by atoms with E-state index in [1.165, 1.54) is 12.1 Å². The number of carboxylic acids is 1. The molecule has 0 unspecified atom stereocenters. The van der Waals surface area contributed by atoms with E-state index in [0.717, 1.165) is 15.4 Å². The van der Waals surface area contributed by atoms with E-state index in [1.54, 1.807) is 68.4 Å². The minimum atomic E-state index is -4.18.